The van der Waals surface area contributed by atoms with Crippen molar-refractivity contribution in [3.05, 3.63) is 59.2 Å². The highest BCUT2D eigenvalue weighted by molar-refractivity contribution is 5.78. The maximum atomic E-state index is 13.4. The molecule has 1 heterocycles. The van der Waals surface area contributed by atoms with E-state index in [1.54, 1.807) is 7.11 Å². The number of ether oxygens (including phenoxy) is 2. The van der Waals surface area contributed by atoms with Gasteiger partial charge in [-0.05, 0) is 62.4 Å². The highest BCUT2D eigenvalue weighted by atomic mass is 16.5. The molecule has 3 atom stereocenters. The van der Waals surface area contributed by atoms with Crippen molar-refractivity contribution in [3.8, 4) is 11.5 Å². The minimum atomic E-state index is -0.727. The molecule has 1 amide bonds. The Morgan fingerprint density at radius 2 is 1.87 bits per heavy atom. The number of aliphatic hydroxyl groups is 1. The van der Waals surface area contributed by atoms with Crippen LogP contribution in [0, 0.1) is 19.8 Å². The van der Waals surface area contributed by atoms with Crippen molar-refractivity contribution in [1.82, 2.24) is 4.90 Å². The lowest BCUT2D eigenvalue weighted by atomic mass is 9.66. The van der Waals surface area contributed by atoms with Crippen molar-refractivity contribution in [1.29, 1.82) is 0 Å². The summed E-state index contributed by atoms with van der Waals surface area (Å²) in [6.45, 7) is 4.55. The molecule has 0 radical (unpaired) electrons. The van der Waals surface area contributed by atoms with Crippen LogP contribution < -0.4 is 9.47 Å². The molecule has 2 aromatic rings. The lowest BCUT2D eigenvalue weighted by Crippen LogP contribution is -2.57. The maximum absolute atomic E-state index is 13.4. The molecule has 4 rings (SSSR count). The summed E-state index contributed by atoms with van der Waals surface area (Å²) in [5.41, 5.74) is 2.46. The average Bonchev–Trinajstić information content (AvgIpc) is 2.75. The molecule has 0 spiro atoms. The molecular formula is C26H33NO4. The molecule has 1 aliphatic carbocycles. The smallest absolute Gasteiger partial charge is 0.261 e. The van der Waals surface area contributed by atoms with Crippen molar-refractivity contribution in [2.45, 2.75) is 57.6 Å². The summed E-state index contributed by atoms with van der Waals surface area (Å²) in [6.07, 6.45) is 4.42. The number of hydrogen-bond donors (Lipinski definition) is 1. The number of aryl methyl sites for hydroxylation is 2. The fourth-order valence-corrected chi connectivity index (χ4v) is 5.50. The zero-order valence-electron chi connectivity index (χ0n) is 18.8. The van der Waals surface area contributed by atoms with Crippen molar-refractivity contribution in [2.75, 3.05) is 20.3 Å². The number of para-hydroxylation sites is 1. The van der Waals surface area contributed by atoms with Crippen LogP contribution in [0.3, 0.4) is 0 Å². The van der Waals surface area contributed by atoms with Gasteiger partial charge in [0.15, 0.2) is 6.61 Å². The quantitative estimate of drug-likeness (QED) is 0.764. The highest BCUT2D eigenvalue weighted by Crippen LogP contribution is 2.50. The van der Waals surface area contributed by atoms with Crippen LogP contribution in [0.1, 0.15) is 54.8 Å². The SMILES string of the molecule is COc1ccccc1[C@H]1[C@@H]2CCCC[C@@]2(O)CCN1C(=O)COc1cc(C)cc(C)c1. The van der Waals surface area contributed by atoms with Crippen LogP contribution in [0.15, 0.2) is 42.5 Å². The number of carbonyl (C=O) groups excluding carboxylic acids is 1. The van der Waals surface area contributed by atoms with E-state index in [-0.39, 0.29) is 24.5 Å². The normalized spacial score (nSPS) is 25.6. The van der Waals surface area contributed by atoms with Crippen molar-refractivity contribution in [3.63, 3.8) is 0 Å². The minimum Gasteiger partial charge on any atom is -0.496 e. The van der Waals surface area contributed by atoms with Crippen LogP contribution in [0.4, 0.5) is 0 Å². The van der Waals surface area contributed by atoms with E-state index in [0.717, 1.165) is 48.1 Å². The van der Waals surface area contributed by atoms with Crippen molar-refractivity contribution in [2.24, 2.45) is 5.92 Å². The van der Waals surface area contributed by atoms with Gasteiger partial charge in [-0.25, -0.2) is 0 Å². The van der Waals surface area contributed by atoms with Crippen LogP contribution in [-0.4, -0.2) is 41.8 Å². The van der Waals surface area contributed by atoms with Gasteiger partial charge < -0.3 is 19.5 Å². The van der Waals surface area contributed by atoms with E-state index in [2.05, 4.69) is 6.07 Å². The predicted octanol–water partition coefficient (Wildman–Crippen LogP) is 4.59. The summed E-state index contributed by atoms with van der Waals surface area (Å²) in [5, 5.41) is 11.4. The topological polar surface area (TPSA) is 59.0 Å². The van der Waals surface area contributed by atoms with Gasteiger partial charge in [0, 0.05) is 18.0 Å². The number of benzene rings is 2. The second-order valence-electron chi connectivity index (χ2n) is 9.09. The van der Waals surface area contributed by atoms with E-state index in [1.165, 1.54) is 0 Å². The fourth-order valence-electron chi connectivity index (χ4n) is 5.50. The van der Waals surface area contributed by atoms with Gasteiger partial charge >= 0.3 is 0 Å². The Labute approximate surface area is 185 Å². The van der Waals surface area contributed by atoms with Crippen LogP contribution in [0.5, 0.6) is 11.5 Å². The van der Waals surface area contributed by atoms with Gasteiger partial charge in [-0.1, -0.05) is 37.1 Å². The molecule has 1 saturated carbocycles. The standard InChI is InChI=1S/C26H33NO4/c1-18-14-19(2)16-20(15-18)31-17-24(28)27-13-12-26(29)11-7-6-9-22(26)25(27)21-8-4-5-10-23(21)30-3/h4-5,8,10,14-16,22,25,29H,6-7,9,11-13,17H2,1-3H3/t22-,25-,26+/m0/s1. The predicted molar refractivity (Wildman–Crippen MR) is 120 cm³/mol. The summed E-state index contributed by atoms with van der Waals surface area (Å²) >= 11 is 0. The van der Waals surface area contributed by atoms with Gasteiger partial charge in [-0.2, -0.15) is 0 Å². The highest BCUT2D eigenvalue weighted by Gasteiger charge is 2.50. The molecule has 31 heavy (non-hydrogen) atoms. The van der Waals surface area contributed by atoms with E-state index in [1.807, 2.05) is 55.1 Å². The zero-order chi connectivity index (χ0) is 22.0. The number of fused-ring (bicyclic) bond motifs is 1. The van der Waals surface area contributed by atoms with Gasteiger partial charge in [0.05, 0.1) is 18.8 Å². The number of hydrogen-bond acceptors (Lipinski definition) is 4. The first kappa shape index (κ1) is 21.7. The molecule has 2 aromatic carbocycles. The summed E-state index contributed by atoms with van der Waals surface area (Å²) < 4.78 is 11.5. The zero-order valence-corrected chi connectivity index (χ0v) is 18.8. The van der Waals surface area contributed by atoms with Crippen LogP contribution in [0.2, 0.25) is 0 Å². The lowest BCUT2D eigenvalue weighted by molar-refractivity contribution is -0.157. The monoisotopic (exact) mass is 423 g/mol. The third kappa shape index (κ3) is 4.42. The van der Waals surface area contributed by atoms with E-state index in [4.69, 9.17) is 9.47 Å². The summed E-state index contributed by atoms with van der Waals surface area (Å²) in [7, 11) is 1.66. The first-order valence-electron chi connectivity index (χ1n) is 11.3. The van der Waals surface area contributed by atoms with E-state index < -0.39 is 5.60 Å². The molecule has 1 N–H and O–H groups in total. The van der Waals surface area contributed by atoms with E-state index >= 15 is 0 Å². The molecule has 2 aliphatic rings. The van der Waals surface area contributed by atoms with Gasteiger partial charge in [-0.3, -0.25) is 4.79 Å². The number of nitrogens with zero attached hydrogens (tertiary/aromatic N) is 1. The Hall–Kier alpha value is -2.53. The molecular weight excluding hydrogens is 390 g/mol. The Morgan fingerprint density at radius 1 is 1.13 bits per heavy atom. The van der Waals surface area contributed by atoms with E-state index in [9.17, 15) is 9.90 Å². The molecule has 166 valence electrons. The number of carbonyl (C=O) groups is 1. The van der Waals surface area contributed by atoms with Gasteiger partial charge in [0.2, 0.25) is 0 Å². The largest absolute Gasteiger partial charge is 0.496 e. The molecule has 0 unspecified atom stereocenters. The Morgan fingerprint density at radius 3 is 2.61 bits per heavy atom. The molecule has 0 aromatic heterocycles. The first-order valence-corrected chi connectivity index (χ1v) is 11.3. The second kappa shape index (κ2) is 8.91. The summed E-state index contributed by atoms with van der Waals surface area (Å²) in [4.78, 5) is 15.3. The van der Waals surface area contributed by atoms with Gasteiger partial charge in [-0.15, -0.1) is 0 Å². The maximum Gasteiger partial charge on any atom is 0.261 e. The molecule has 1 aliphatic heterocycles. The lowest BCUT2D eigenvalue weighted by Gasteiger charge is -2.52. The number of amides is 1. The van der Waals surface area contributed by atoms with Crippen molar-refractivity contribution < 1.29 is 19.4 Å². The molecule has 1 saturated heterocycles. The number of likely N-dealkylation sites (tertiary alicyclic amines) is 1. The van der Waals surface area contributed by atoms with E-state index in [0.29, 0.717) is 18.7 Å². The third-order valence-electron chi connectivity index (χ3n) is 6.90. The van der Waals surface area contributed by atoms with Gasteiger partial charge in [0.1, 0.15) is 11.5 Å². The summed E-state index contributed by atoms with van der Waals surface area (Å²) in [5.74, 6) is 1.42. The Kier molecular flexibility index (Phi) is 6.24. The van der Waals surface area contributed by atoms with Crippen LogP contribution in [-0.2, 0) is 4.79 Å². The number of methoxy groups -OCH3 is 1. The fraction of sp³-hybridized carbons (Fsp3) is 0.500. The second-order valence-corrected chi connectivity index (χ2v) is 9.09. The third-order valence-corrected chi connectivity index (χ3v) is 6.90. The summed E-state index contributed by atoms with van der Waals surface area (Å²) in [6, 6.07) is 13.6. The Balaban J connectivity index is 1.62. The molecule has 0 bridgehead atoms. The molecule has 2 fully saturated rings. The number of rotatable bonds is 5. The van der Waals surface area contributed by atoms with Crippen LogP contribution >= 0.6 is 0 Å². The number of piperidine rings is 1. The first-order chi connectivity index (χ1) is 14.9. The van der Waals surface area contributed by atoms with Gasteiger partial charge in [0.25, 0.3) is 5.91 Å². The van der Waals surface area contributed by atoms with Crippen LogP contribution in [0.25, 0.3) is 0 Å². The van der Waals surface area contributed by atoms with Crippen molar-refractivity contribution >= 4 is 5.91 Å². The molecule has 5 nitrogen and oxygen atoms in total. The minimum absolute atomic E-state index is 0.00327. The molecule has 5 heteroatoms. The average molecular weight is 424 g/mol. The Bertz CT molecular complexity index is 923.